The minimum Gasteiger partial charge on any atom is -0.398 e. The Labute approximate surface area is 89.2 Å². The number of alkyl halides is 3. The Morgan fingerprint density at radius 3 is 2.75 bits per heavy atom. The summed E-state index contributed by atoms with van der Waals surface area (Å²) in [6, 6.07) is 1.39. The second-order valence-corrected chi connectivity index (χ2v) is 2.99. The minimum atomic E-state index is -4.44. The number of hydrogen-bond acceptors (Lipinski definition) is 4. The Bertz CT molecular complexity index is 379. The van der Waals surface area contributed by atoms with Crippen LogP contribution in [0.15, 0.2) is 18.5 Å². The molecule has 7 heteroatoms. The maximum absolute atomic E-state index is 11.7. The second-order valence-electron chi connectivity index (χ2n) is 2.99. The van der Waals surface area contributed by atoms with Gasteiger partial charge in [-0.15, -0.1) is 0 Å². The first-order chi connectivity index (χ1) is 7.40. The van der Waals surface area contributed by atoms with E-state index in [0.717, 1.165) is 0 Å². The van der Waals surface area contributed by atoms with E-state index in [-0.39, 0.29) is 11.3 Å². The van der Waals surface area contributed by atoms with E-state index in [2.05, 4.69) is 9.72 Å². The molecule has 0 unspecified atom stereocenters. The lowest BCUT2D eigenvalue weighted by atomic mass is 10.1. The molecule has 88 valence electrons. The molecular formula is C9H9F3N2O2. The number of nitrogen functional groups attached to an aromatic ring is 1. The van der Waals surface area contributed by atoms with Gasteiger partial charge in [-0.2, -0.15) is 13.2 Å². The van der Waals surface area contributed by atoms with Crippen molar-refractivity contribution >= 4 is 11.5 Å². The van der Waals surface area contributed by atoms with Crippen LogP contribution >= 0.6 is 0 Å². The molecule has 4 nitrogen and oxygen atoms in total. The summed E-state index contributed by atoms with van der Waals surface area (Å²) in [5.41, 5.74) is 5.66. The molecule has 0 aliphatic rings. The number of nitrogens with two attached hydrogens (primary N) is 1. The van der Waals surface area contributed by atoms with Crippen molar-refractivity contribution in [2.24, 2.45) is 0 Å². The molecule has 0 radical (unpaired) electrons. The summed E-state index contributed by atoms with van der Waals surface area (Å²) in [5.74, 6) is -0.630. The lowest BCUT2D eigenvalue weighted by Gasteiger charge is -2.07. The molecule has 0 aromatic carbocycles. The summed E-state index contributed by atoms with van der Waals surface area (Å²) in [5, 5.41) is 0. The van der Waals surface area contributed by atoms with Crippen LogP contribution in [-0.4, -0.2) is 30.2 Å². The van der Waals surface area contributed by atoms with E-state index in [4.69, 9.17) is 5.73 Å². The number of carbonyl (C=O) groups excluding carboxylic acids is 1. The molecule has 1 heterocycles. The van der Waals surface area contributed by atoms with Crippen LogP contribution in [0.1, 0.15) is 10.4 Å². The summed E-state index contributed by atoms with van der Waals surface area (Å²) >= 11 is 0. The van der Waals surface area contributed by atoms with E-state index in [1.54, 1.807) is 0 Å². The number of ether oxygens (including phenoxy) is 1. The molecule has 1 aromatic heterocycles. The summed E-state index contributed by atoms with van der Waals surface area (Å²) in [6.45, 7) is -2.13. The van der Waals surface area contributed by atoms with Crippen molar-refractivity contribution in [3.8, 4) is 0 Å². The van der Waals surface area contributed by atoms with Gasteiger partial charge in [0.25, 0.3) is 0 Å². The number of anilines is 1. The third-order valence-corrected chi connectivity index (χ3v) is 1.65. The largest absolute Gasteiger partial charge is 0.411 e. The van der Waals surface area contributed by atoms with Crippen LogP contribution in [0.4, 0.5) is 18.9 Å². The lowest BCUT2D eigenvalue weighted by Crippen LogP contribution is -2.21. The summed E-state index contributed by atoms with van der Waals surface area (Å²) < 4.78 is 39.4. The van der Waals surface area contributed by atoms with Crippen LogP contribution in [0.5, 0.6) is 0 Å². The van der Waals surface area contributed by atoms with E-state index in [1.807, 2.05) is 0 Å². The van der Waals surface area contributed by atoms with Crippen molar-refractivity contribution in [3.05, 3.63) is 24.0 Å². The van der Waals surface area contributed by atoms with E-state index in [0.29, 0.717) is 0 Å². The maximum atomic E-state index is 11.7. The van der Waals surface area contributed by atoms with Crippen LogP contribution in [-0.2, 0) is 4.74 Å². The zero-order chi connectivity index (χ0) is 12.2. The fraction of sp³-hybridized carbons (Fsp3) is 0.333. The van der Waals surface area contributed by atoms with Gasteiger partial charge in [0, 0.05) is 18.1 Å². The van der Waals surface area contributed by atoms with Crippen LogP contribution in [0, 0.1) is 0 Å². The quantitative estimate of drug-likeness (QED) is 0.800. The predicted molar refractivity (Wildman–Crippen MR) is 49.9 cm³/mol. The highest BCUT2D eigenvalue weighted by molar-refractivity contribution is 6.01. The van der Waals surface area contributed by atoms with E-state index >= 15 is 0 Å². The average Bonchev–Trinajstić information content (AvgIpc) is 2.16. The summed E-state index contributed by atoms with van der Waals surface area (Å²) in [7, 11) is 0. The third-order valence-electron chi connectivity index (χ3n) is 1.65. The first-order valence-corrected chi connectivity index (χ1v) is 4.27. The van der Waals surface area contributed by atoms with Crippen molar-refractivity contribution in [3.63, 3.8) is 0 Å². The van der Waals surface area contributed by atoms with E-state index < -0.39 is 25.2 Å². The van der Waals surface area contributed by atoms with Gasteiger partial charge in [-0.05, 0) is 6.07 Å². The maximum Gasteiger partial charge on any atom is 0.411 e. The molecule has 0 saturated carbocycles. The molecule has 0 saturated heterocycles. The van der Waals surface area contributed by atoms with Crippen LogP contribution < -0.4 is 5.73 Å². The smallest absolute Gasteiger partial charge is 0.398 e. The molecular weight excluding hydrogens is 225 g/mol. The monoisotopic (exact) mass is 234 g/mol. The molecule has 2 N–H and O–H groups in total. The molecule has 0 atom stereocenters. The number of ketones is 1. The molecule has 0 amide bonds. The molecule has 0 aliphatic heterocycles. The Balaban J connectivity index is 2.51. The Morgan fingerprint density at radius 1 is 1.50 bits per heavy atom. The first-order valence-electron chi connectivity index (χ1n) is 4.27. The number of Topliss-reactive ketones (excluding diaryl/α,β-unsaturated/α-hetero) is 1. The van der Waals surface area contributed by atoms with Crippen molar-refractivity contribution in [1.29, 1.82) is 0 Å². The summed E-state index contributed by atoms with van der Waals surface area (Å²) in [4.78, 5) is 15.0. The number of carbonyl (C=O) groups is 1. The average molecular weight is 234 g/mol. The Hall–Kier alpha value is -1.63. The zero-order valence-electron chi connectivity index (χ0n) is 8.12. The van der Waals surface area contributed by atoms with Crippen LogP contribution in [0.25, 0.3) is 0 Å². The van der Waals surface area contributed by atoms with Gasteiger partial charge in [-0.25, -0.2) is 0 Å². The molecule has 1 rings (SSSR count). The van der Waals surface area contributed by atoms with Gasteiger partial charge < -0.3 is 10.5 Å². The highest BCUT2D eigenvalue weighted by Gasteiger charge is 2.28. The molecule has 0 spiro atoms. The Kier molecular flexibility index (Phi) is 3.83. The van der Waals surface area contributed by atoms with Crippen LogP contribution in [0.2, 0.25) is 0 Å². The highest BCUT2D eigenvalue weighted by Crippen LogP contribution is 2.15. The summed E-state index contributed by atoms with van der Waals surface area (Å²) in [6.07, 6.45) is -1.88. The fourth-order valence-electron chi connectivity index (χ4n) is 0.975. The Morgan fingerprint density at radius 2 is 2.19 bits per heavy atom. The molecule has 0 bridgehead atoms. The predicted octanol–water partition coefficient (Wildman–Crippen LogP) is 1.43. The number of nitrogens with zero attached hydrogens (tertiary/aromatic N) is 1. The van der Waals surface area contributed by atoms with Gasteiger partial charge in [0.1, 0.15) is 13.2 Å². The fourth-order valence-corrected chi connectivity index (χ4v) is 0.975. The third kappa shape index (κ3) is 3.85. The SMILES string of the molecule is Nc1ccncc1C(=O)COCC(F)(F)F. The van der Waals surface area contributed by atoms with Gasteiger partial charge in [0.05, 0.1) is 5.56 Å². The van der Waals surface area contributed by atoms with Crippen molar-refractivity contribution in [2.75, 3.05) is 18.9 Å². The minimum absolute atomic E-state index is 0.0599. The first kappa shape index (κ1) is 12.4. The molecule has 0 aliphatic carbocycles. The van der Waals surface area contributed by atoms with Crippen molar-refractivity contribution in [2.45, 2.75) is 6.18 Å². The number of rotatable bonds is 4. The van der Waals surface area contributed by atoms with Gasteiger partial charge in [-0.3, -0.25) is 9.78 Å². The van der Waals surface area contributed by atoms with Crippen LogP contribution in [0.3, 0.4) is 0 Å². The van der Waals surface area contributed by atoms with Gasteiger partial charge >= 0.3 is 6.18 Å². The number of pyridine rings is 1. The number of aromatic nitrogens is 1. The zero-order valence-corrected chi connectivity index (χ0v) is 8.12. The number of halogens is 3. The molecule has 1 aromatic rings. The van der Waals surface area contributed by atoms with Gasteiger partial charge in [0.2, 0.25) is 0 Å². The highest BCUT2D eigenvalue weighted by atomic mass is 19.4. The van der Waals surface area contributed by atoms with Gasteiger partial charge in [-0.1, -0.05) is 0 Å². The second kappa shape index (κ2) is 4.93. The normalized spacial score (nSPS) is 11.4. The number of hydrogen-bond donors (Lipinski definition) is 1. The van der Waals surface area contributed by atoms with E-state index in [9.17, 15) is 18.0 Å². The molecule has 0 fully saturated rings. The van der Waals surface area contributed by atoms with Crippen molar-refractivity contribution < 1.29 is 22.7 Å². The van der Waals surface area contributed by atoms with Gasteiger partial charge in [0.15, 0.2) is 5.78 Å². The van der Waals surface area contributed by atoms with E-state index in [1.165, 1.54) is 18.5 Å². The lowest BCUT2D eigenvalue weighted by molar-refractivity contribution is -0.170. The molecule has 16 heavy (non-hydrogen) atoms. The topological polar surface area (TPSA) is 65.2 Å². The standard InChI is InChI=1S/C9H9F3N2O2/c10-9(11,12)5-16-4-8(15)6-3-14-2-1-7(6)13/h1-3H,4-5H2,(H2,13,14). The van der Waals surface area contributed by atoms with Crippen molar-refractivity contribution in [1.82, 2.24) is 4.98 Å².